The fourth-order valence-electron chi connectivity index (χ4n) is 2.03. The Hall–Kier alpha value is -1.85. The van der Waals surface area contributed by atoms with E-state index >= 15 is 0 Å². The summed E-state index contributed by atoms with van der Waals surface area (Å²) in [6, 6.07) is 4.02. The van der Waals surface area contributed by atoms with Crippen LogP contribution in [0.1, 0.15) is 32.6 Å². The molecule has 1 amide bonds. The number of ether oxygens (including phenoxy) is 1. The molecule has 0 aliphatic heterocycles. The molecule has 0 unspecified atom stereocenters. The number of carbonyl (C=O) groups excluding carboxylic acids is 1. The van der Waals surface area contributed by atoms with Crippen molar-refractivity contribution in [3.63, 3.8) is 0 Å². The number of amides is 1. The zero-order chi connectivity index (χ0) is 12.8. The summed E-state index contributed by atoms with van der Waals surface area (Å²) in [5.74, 6) is 1.14. The summed E-state index contributed by atoms with van der Waals surface area (Å²) in [4.78, 5) is 11.2. The molecule has 0 atom stereocenters. The topological polar surface area (TPSA) is 76.1 Å². The molecule has 1 heterocycles. The minimum atomic E-state index is -0.511. The summed E-state index contributed by atoms with van der Waals surface area (Å²) >= 11 is 0. The summed E-state index contributed by atoms with van der Waals surface area (Å²) in [5, 5.41) is 13.8. The lowest BCUT2D eigenvalue weighted by molar-refractivity contribution is 0.168. The molecule has 0 saturated heterocycles. The molecule has 0 spiro atoms. The van der Waals surface area contributed by atoms with Crippen molar-refractivity contribution in [3.8, 4) is 0 Å². The highest BCUT2D eigenvalue weighted by atomic mass is 16.5. The first-order valence-electron chi connectivity index (χ1n) is 6.32. The average molecular weight is 250 g/mol. The number of rotatable bonds is 4. The number of nitrogens with one attached hydrogen (secondary N) is 2. The summed E-state index contributed by atoms with van der Waals surface area (Å²) in [6.07, 6.45) is 4.40. The minimum absolute atomic E-state index is 0.334. The highest BCUT2D eigenvalue weighted by Crippen LogP contribution is 2.21. The standard InChI is InChI=1S/C12H18N4O2/c1-2-18-12(17)14-11-8-7-10(15-16-11)13-9-5-3-4-6-9/h7-9H,2-6H2,1H3,(H,13,15)(H,14,16,17). The van der Waals surface area contributed by atoms with Crippen LogP contribution in [0.25, 0.3) is 0 Å². The van der Waals surface area contributed by atoms with E-state index in [2.05, 4.69) is 20.8 Å². The Labute approximate surface area is 106 Å². The third kappa shape index (κ3) is 3.58. The molecular formula is C12H18N4O2. The molecule has 1 aromatic rings. The SMILES string of the molecule is CCOC(=O)Nc1ccc(NC2CCCC2)nn1. The molecule has 1 saturated carbocycles. The molecule has 2 rings (SSSR count). The van der Waals surface area contributed by atoms with Crippen molar-refractivity contribution in [2.45, 2.75) is 38.6 Å². The van der Waals surface area contributed by atoms with Gasteiger partial charge in [0.25, 0.3) is 0 Å². The van der Waals surface area contributed by atoms with Crippen LogP contribution < -0.4 is 10.6 Å². The van der Waals surface area contributed by atoms with Crippen molar-refractivity contribution >= 4 is 17.7 Å². The lowest BCUT2D eigenvalue weighted by Crippen LogP contribution is -2.17. The fourth-order valence-corrected chi connectivity index (χ4v) is 2.03. The van der Waals surface area contributed by atoms with Crippen molar-refractivity contribution in [1.29, 1.82) is 0 Å². The Bertz CT molecular complexity index is 388. The molecule has 1 aliphatic rings. The number of aromatic nitrogens is 2. The van der Waals surface area contributed by atoms with Crippen LogP contribution in [0.5, 0.6) is 0 Å². The van der Waals surface area contributed by atoms with Crippen LogP contribution >= 0.6 is 0 Å². The van der Waals surface area contributed by atoms with E-state index in [1.165, 1.54) is 25.7 Å². The summed E-state index contributed by atoms with van der Waals surface area (Å²) < 4.78 is 4.75. The maximum Gasteiger partial charge on any atom is 0.412 e. The molecule has 0 aromatic carbocycles. The van der Waals surface area contributed by atoms with Gasteiger partial charge in [-0.1, -0.05) is 12.8 Å². The number of nitrogens with zero attached hydrogens (tertiary/aromatic N) is 2. The van der Waals surface area contributed by atoms with E-state index in [1.807, 2.05) is 6.07 Å². The number of carbonyl (C=O) groups is 1. The summed E-state index contributed by atoms with van der Waals surface area (Å²) in [5.41, 5.74) is 0. The molecule has 0 bridgehead atoms. The van der Waals surface area contributed by atoms with Gasteiger partial charge in [0.1, 0.15) is 5.82 Å². The van der Waals surface area contributed by atoms with Crippen LogP contribution in [0.3, 0.4) is 0 Å². The third-order valence-electron chi connectivity index (χ3n) is 2.88. The van der Waals surface area contributed by atoms with Crippen molar-refractivity contribution < 1.29 is 9.53 Å². The molecule has 1 aliphatic carbocycles. The van der Waals surface area contributed by atoms with Crippen molar-refractivity contribution in [2.75, 3.05) is 17.2 Å². The van der Waals surface area contributed by atoms with Crippen LogP contribution in [-0.2, 0) is 4.74 Å². The van der Waals surface area contributed by atoms with Crippen molar-refractivity contribution in [1.82, 2.24) is 10.2 Å². The van der Waals surface area contributed by atoms with Crippen LogP contribution in [0.4, 0.5) is 16.4 Å². The van der Waals surface area contributed by atoms with E-state index in [9.17, 15) is 4.79 Å². The van der Waals surface area contributed by atoms with Crippen LogP contribution in [0.2, 0.25) is 0 Å². The molecule has 6 nitrogen and oxygen atoms in total. The van der Waals surface area contributed by atoms with Gasteiger partial charge in [-0.25, -0.2) is 4.79 Å². The largest absolute Gasteiger partial charge is 0.450 e. The Balaban J connectivity index is 1.86. The Morgan fingerprint density at radius 3 is 2.61 bits per heavy atom. The fraction of sp³-hybridized carbons (Fsp3) is 0.583. The molecule has 98 valence electrons. The first-order chi connectivity index (χ1) is 8.78. The molecule has 0 radical (unpaired) electrons. The Morgan fingerprint density at radius 2 is 2.00 bits per heavy atom. The molecular weight excluding hydrogens is 232 g/mol. The maximum absolute atomic E-state index is 11.2. The second-order valence-corrected chi connectivity index (χ2v) is 4.28. The van der Waals surface area contributed by atoms with Crippen molar-refractivity contribution in [3.05, 3.63) is 12.1 Å². The van der Waals surface area contributed by atoms with Gasteiger partial charge in [-0.05, 0) is 31.9 Å². The van der Waals surface area contributed by atoms with Gasteiger partial charge in [-0.3, -0.25) is 5.32 Å². The monoisotopic (exact) mass is 250 g/mol. The molecule has 18 heavy (non-hydrogen) atoms. The zero-order valence-corrected chi connectivity index (χ0v) is 10.5. The van der Waals surface area contributed by atoms with Crippen LogP contribution in [0.15, 0.2) is 12.1 Å². The first kappa shape index (κ1) is 12.6. The van der Waals surface area contributed by atoms with E-state index in [1.54, 1.807) is 13.0 Å². The van der Waals surface area contributed by atoms with Gasteiger partial charge in [-0.15, -0.1) is 10.2 Å². The van der Waals surface area contributed by atoms with E-state index < -0.39 is 6.09 Å². The maximum atomic E-state index is 11.2. The lowest BCUT2D eigenvalue weighted by Gasteiger charge is -2.12. The van der Waals surface area contributed by atoms with E-state index in [0.29, 0.717) is 18.5 Å². The zero-order valence-electron chi connectivity index (χ0n) is 10.5. The Kier molecular flexibility index (Phi) is 4.33. The number of hydrogen-bond donors (Lipinski definition) is 2. The van der Waals surface area contributed by atoms with Gasteiger partial charge in [0.05, 0.1) is 6.61 Å². The second-order valence-electron chi connectivity index (χ2n) is 4.28. The van der Waals surface area contributed by atoms with Crippen molar-refractivity contribution in [2.24, 2.45) is 0 Å². The smallest absolute Gasteiger partial charge is 0.412 e. The second kappa shape index (κ2) is 6.18. The van der Waals surface area contributed by atoms with E-state index in [4.69, 9.17) is 4.74 Å². The van der Waals surface area contributed by atoms with Gasteiger partial charge in [0.15, 0.2) is 5.82 Å². The summed E-state index contributed by atoms with van der Waals surface area (Å²) in [7, 11) is 0. The Morgan fingerprint density at radius 1 is 1.33 bits per heavy atom. The molecule has 2 N–H and O–H groups in total. The third-order valence-corrected chi connectivity index (χ3v) is 2.88. The predicted octanol–water partition coefficient (Wildman–Crippen LogP) is 2.40. The van der Waals surface area contributed by atoms with Gasteiger partial charge < -0.3 is 10.1 Å². The molecule has 1 aromatic heterocycles. The van der Waals surface area contributed by atoms with Gasteiger partial charge in [0.2, 0.25) is 0 Å². The highest BCUT2D eigenvalue weighted by Gasteiger charge is 2.15. The van der Waals surface area contributed by atoms with Gasteiger partial charge in [0, 0.05) is 6.04 Å². The first-order valence-corrected chi connectivity index (χ1v) is 6.32. The van der Waals surface area contributed by atoms with Crippen LogP contribution in [0, 0.1) is 0 Å². The predicted molar refractivity (Wildman–Crippen MR) is 68.6 cm³/mol. The lowest BCUT2D eigenvalue weighted by atomic mass is 10.2. The normalized spacial score (nSPS) is 15.4. The highest BCUT2D eigenvalue weighted by molar-refractivity contribution is 5.83. The van der Waals surface area contributed by atoms with Gasteiger partial charge >= 0.3 is 6.09 Å². The molecule has 6 heteroatoms. The quantitative estimate of drug-likeness (QED) is 0.858. The molecule has 1 fully saturated rings. The average Bonchev–Trinajstić information content (AvgIpc) is 2.85. The van der Waals surface area contributed by atoms with E-state index in [0.717, 1.165) is 5.82 Å². The summed E-state index contributed by atoms with van der Waals surface area (Å²) in [6.45, 7) is 2.08. The number of anilines is 2. The van der Waals surface area contributed by atoms with Crippen LogP contribution in [-0.4, -0.2) is 28.9 Å². The van der Waals surface area contributed by atoms with Gasteiger partial charge in [-0.2, -0.15) is 0 Å². The van der Waals surface area contributed by atoms with E-state index in [-0.39, 0.29) is 0 Å². The minimum Gasteiger partial charge on any atom is -0.450 e. The number of hydrogen-bond acceptors (Lipinski definition) is 5.